The van der Waals surface area contributed by atoms with Crippen molar-refractivity contribution in [2.45, 2.75) is 12.8 Å². The van der Waals surface area contributed by atoms with Crippen LogP contribution in [0.1, 0.15) is 12.8 Å². The number of hydrogen-bond donors (Lipinski definition) is 1. The number of ether oxygens (including phenoxy) is 1. The van der Waals surface area contributed by atoms with Gasteiger partial charge in [-0.15, -0.1) is 0 Å². The number of carbonyl (C=O) groups is 2. The minimum absolute atomic E-state index is 0.163. The second kappa shape index (κ2) is 7.88. The van der Waals surface area contributed by atoms with Crippen LogP contribution in [0, 0.1) is 0 Å². The van der Waals surface area contributed by atoms with Gasteiger partial charge < -0.3 is 10.1 Å². The van der Waals surface area contributed by atoms with Gasteiger partial charge in [0.1, 0.15) is 11.5 Å². The summed E-state index contributed by atoms with van der Waals surface area (Å²) in [6, 6.07) is 12.1. The highest BCUT2D eigenvalue weighted by atomic mass is 79.9. The van der Waals surface area contributed by atoms with Crippen molar-refractivity contribution in [1.82, 2.24) is 0 Å². The molecule has 1 aliphatic rings. The lowest BCUT2D eigenvalue weighted by Crippen LogP contribution is -2.36. The van der Waals surface area contributed by atoms with Crippen molar-refractivity contribution >= 4 is 56.4 Å². The van der Waals surface area contributed by atoms with Crippen LogP contribution in [0.2, 0.25) is 5.02 Å². The Kier molecular flexibility index (Phi) is 5.58. The van der Waals surface area contributed by atoms with E-state index in [-0.39, 0.29) is 24.5 Å². The van der Waals surface area contributed by atoms with Gasteiger partial charge in [-0.3, -0.25) is 9.59 Å². The first kappa shape index (κ1) is 18.4. The third kappa shape index (κ3) is 4.05. The Balaban J connectivity index is 1.85. The highest BCUT2D eigenvalue weighted by Crippen LogP contribution is 2.28. The number of hydrogen-bond acceptors (Lipinski definition) is 4. The first-order valence-corrected chi connectivity index (χ1v) is 8.96. The van der Waals surface area contributed by atoms with Crippen molar-refractivity contribution in [1.29, 1.82) is 0 Å². The molecule has 0 atom stereocenters. The molecule has 6 nitrogen and oxygen atoms in total. The third-order valence-electron chi connectivity index (χ3n) is 3.78. The molecule has 1 aliphatic heterocycles. The normalized spacial score (nSPS) is 14.0. The van der Waals surface area contributed by atoms with Crippen molar-refractivity contribution in [2.75, 3.05) is 17.4 Å². The number of anilines is 2. The molecule has 0 aliphatic carbocycles. The Labute approximate surface area is 163 Å². The van der Waals surface area contributed by atoms with Crippen LogP contribution < -0.4 is 15.1 Å². The first-order chi connectivity index (χ1) is 12.5. The largest absolute Gasteiger partial charge is 0.495 e. The molecule has 1 N–H and O–H groups in total. The highest BCUT2D eigenvalue weighted by Gasteiger charge is 2.26. The van der Waals surface area contributed by atoms with Gasteiger partial charge in [-0.05, 0) is 42.5 Å². The summed E-state index contributed by atoms with van der Waals surface area (Å²) in [5, 5.41) is 8.70. The molecule has 134 valence electrons. The summed E-state index contributed by atoms with van der Waals surface area (Å²) in [7, 11) is 1.50. The summed E-state index contributed by atoms with van der Waals surface area (Å²) in [4.78, 5) is 24.8. The average molecular weight is 437 g/mol. The number of halogens is 2. The smallest absolute Gasteiger partial charge is 0.271 e. The molecule has 2 amide bonds. The van der Waals surface area contributed by atoms with Crippen molar-refractivity contribution in [3.63, 3.8) is 0 Å². The van der Waals surface area contributed by atoms with Gasteiger partial charge in [0, 0.05) is 22.3 Å². The molecule has 0 saturated heterocycles. The maximum atomic E-state index is 12.6. The van der Waals surface area contributed by atoms with Gasteiger partial charge in [0.15, 0.2) is 0 Å². The first-order valence-electron chi connectivity index (χ1n) is 7.79. The number of nitrogens with one attached hydrogen (secondary N) is 1. The van der Waals surface area contributed by atoms with Gasteiger partial charge in [-0.25, -0.2) is 5.01 Å². The summed E-state index contributed by atoms with van der Waals surface area (Å²) in [5.74, 6) is -0.0793. The SMILES string of the molecule is COc1ccc(Cl)cc1NC(=O)C1=NN(c2ccc(Br)cc2)C(=O)CC1. The van der Waals surface area contributed by atoms with E-state index in [4.69, 9.17) is 16.3 Å². The van der Waals surface area contributed by atoms with E-state index in [2.05, 4.69) is 26.3 Å². The third-order valence-corrected chi connectivity index (χ3v) is 4.54. The molecule has 2 aromatic rings. The number of hydrazone groups is 1. The minimum atomic E-state index is -0.403. The molecular weight excluding hydrogens is 422 g/mol. The summed E-state index contributed by atoms with van der Waals surface area (Å²) in [6.45, 7) is 0. The summed E-state index contributed by atoms with van der Waals surface area (Å²) < 4.78 is 6.11. The molecule has 26 heavy (non-hydrogen) atoms. The molecule has 0 saturated carbocycles. The van der Waals surface area contributed by atoms with E-state index in [1.807, 2.05) is 12.1 Å². The van der Waals surface area contributed by atoms with Crippen LogP contribution in [-0.4, -0.2) is 24.6 Å². The van der Waals surface area contributed by atoms with Crippen LogP contribution in [0.5, 0.6) is 5.75 Å². The Morgan fingerprint density at radius 3 is 2.65 bits per heavy atom. The van der Waals surface area contributed by atoms with Crippen LogP contribution in [0.3, 0.4) is 0 Å². The summed E-state index contributed by atoms with van der Waals surface area (Å²) >= 11 is 9.33. The molecule has 8 heteroatoms. The molecule has 0 spiro atoms. The Bertz CT molecular complexity index is 884. The topological polar surface area (TPSA) is 71.0 Å². The van der Waals surface area contributed by atoms with Crippen LogP contribution in [0.15, 0.2) is 52.0 Å². The zero-order valence-corrected chi connectivity index (χ0v) is 16.2. The van der Waals surface area contributed by atoms with Gasteiger partial charge >= 0.3 is 0 Å². The molecule has 3 rings (SSSR count). The van der Waals surface area contributed by atoms with E-state index in [9.17, 15) is 9.59 Å². The Morgan fingerprint density at radius 1 is 1.23 bits per heavy atom. The number of benzene rings is 2. The average Bonchev–Trinajstić information content (AvgIpc) is 2.63. The van der Waals surface area contributed by atoms with Crippen molar-refractivity contribution < 1.29 is 14.3 Å². The lowest BCUT2D eigenvalue weighted by Gasteiger charge is -2.23. The number of amides is 2. The van der Waals surface area contributed by atoms with Crippen LogP contribution in [0.4, 0.5) is 11.4 Å². The van der Waals surface area contributed by atoms with Gasteiger partial charge in [-0.1, -0.05) is 27.5 Å². The van der Waals surface area contributed by atoms with Crippen LogP contribution in [-0.2, 0) is 9.59 Å². The predicted octanol–water partition coefficient (Wildman–Crippen LogP) is 4.23. The summed E-state index contributed by atoms with van der Waals surface area (Å²) in [6.07, 6.45) is 0.468. The fourth-order valence-corrected chi connectivity index (χ4v) is 2.91. The maximum absolute atomic E-state index is 12.6. The minimum Gasteiger partial charge on any atom is -0.495 e. The quantitative estimate of drug-likeness (QED) is 0.779. The highest BCUT2D eigenvalue weighted by molar-refractivity contribution is 9.10. The lowest BCUT2D eigenvalue weighted by molar-refractivity contribution is -0.118. The molecule has 0 unspecified atom stereocenters. The van der Waals surface area contributed by atoms with E-state index in [1.165, 1.54) is 12.1 Å². The fraction of sp³-hybridized carbons (Fsp3) is 0.167. The van der Waals surface area contributed by atoms with Crippen LogP contribution >= 0.6 is 27.5 Å². The number of methoxy groups -OCH3 is 1. The second-order valence-corrected chi connectivity index (χ2v) is 6.88. The zero-order chi connectivity index (χ0) is 18.7. The van der Waals surface area contributed by atoms with Gasteiger partial charge in [0.2, 0.25) is 5.91 Å². The van der Waals surface area contributed by atoms with E-state index < -0.39 is 5.91 Å². The van der Waals surface area contributed by atoms with E-state index >= 15 is 0 Å². The van der Waals surface area contributed by atoms with E-state index in [1.54, 1.807) is 30.3 Å². The molecule has 2 aromatic carbocycles. The summed E-state index contributed by atoms with van der Waals surface area (Å²) in [5.41, 5.74) is 1.30. The van der Waals surface area contributed by atoms with Gasteiger partial charge in [0.05, 0.1) is 18.5 Å². The lowest BCUT2D eigenvalue weighted by atomic mass is 10.1. The monoisotopic (exact) mass is 435 g/mol. The number of rotatable bonds is 4. The maximum Gasteiger partial charge on any atom is 0.271 e. The van der Waals surface area contributed by atoms with E-state index in [0.29, 0.717) is 22.1 Å². The molecule has 1 heterocycles. The molecule has 0 fully saturated rings. The molecule has 0 aromatic heterocycles. The van der Waals surface area contributed by atoms with Crippen LogP contribution in [0.25, 0.3) is 0 Å². The molecular formula is C18H15BrClN3O3. The standard InChI is InChI=1S/C18H15BrClN3O3/c1-26-16-8-4-12(20)10-15(16)21-18(25)14-7-9-17(24)23(22-14)13-5-2-11(19)3-6-13/h2-6,8,10H,7,9H2,1H3,(H,21,25). The van der Waals surface area contributed by atoms with Gasteiger partial charge in [0.25, 0.3) is 5.91 Å². The predicted molar refractivity (Wildman–Crippen MR) is 105 cm³/mol. The van der Waals surface area contributed by atoms with E-state index in [0.717, 1.165) is 4.47 Å². The zero-order valence-electron chi connectivity index (χ0n) is 13.8. The Hall–Kier alpha value is -2.38. The Morgan fingerprint density at radius 2 is 1.96 bits per heavy atom. The molecule has 0 bridgehead atoms. The van der Waals surface area contributed by atoms with Crippen molar-refractivity contribution in [3.05, 3.63) is 52.0 Å². The molecule has 0 radical (unpaired) electrons. The second-order valence-electron chi connectivity index (χ2n) is 5.53. The number of nitrogens with zero attached hydrogens (tertiary/aromatic N) is 2. The van der Waals surface area contributed by atoms with Crippen molar-refractivity contribution in [2.24, 2.45) is 5.10 Å². The van der Waals surface area contributed by atoms with Crippen molar-refractivity contribution in [3.8, 4) is 5.75 Å². The fourth-order valence-electron chi connectivity index (χ4n) is 2.47. The van der Waals surface area contributed by atoms with Gasteiger partial charge in [-0.2, -0.15) is 5.10 Å². The number of carbonyl (C=O) groups excluding carboxylic acids is 2.